The molecule has 2 rings (SSSR count). The van der Waals surface area contributed by atoms with Gasteiger partial charge < -0.3 is 15.3 Å². The zero-order chi connectivity index (χ0) is 12.3. The molecule has 4 heteroatoms. The van der Waals surface area contributed by atoms with Crippen molar-refractivity contribution in [3.05, 3.63) is 0 Å². The van der Waals surface area contributed by atoms with E-state index in [1.165, 1.54) is 25.7 Å². The number of hydrogen-bond acceptors (Lipinski definition) is 3. The van der Waals surface area contributed by atoms with E-state index in [-0.39, 0.29) is 0 Å². The molecule has 2 fully saturated rings. The summed E-state index contributed by atoms with van der Waals surface area (Å²) < 4.78 is 0. The van der Waals surface area contributed by atoms with Gasteiger partial charge in [0, 0.05) is 31.6 Å². The van der Waals surface area contributed by atoms with Crippen molar-refractivity contribution in [2.75, 3.05) is 20.1 Å². The first kappa shape index (κ1) is 12.8. The maximum Gasteiger partial charge on any atom is 0.303 e. The van der Waals surface area contributed by atoms with Crippen molar-refractivity contribution in [1.82, 2.24) is 10.2 Å². The van der Waals surface area contributed by atoms with Gasteiger partial charge in [0.2, 0.25) is 0 Å². The lowest BCUT2D eigenvalue weighted by molar-refractivity contribution is -0.138. The quantitative estimate of drug-likeness (QED) is 0.778. The average Bonchev–Trinajstić information content (AvgIpc) is 2.67. The minimum Gasteiger partial charge on any atom is -0.481 e. The molecule has 2 aliphatic rings. The van der Waals surface area contributed by atoms with Crippen molar-refractivity contribution >= 4 is 5.97 Å². The molecule has 98 valence electrons. The number of hydrogen-bond donors (Lipinski definition) is 2. The van der Waals surface area contributed by atoms with Crippen molar-refractivity contribution in [3.63, 3.8) is 0 Å². The molecule has 2 atom stereocenters. The largest absolute Gasteiger partial charge is 0.481 e. The molecule has 1 aliphatic carbocycles. The first-order valence-corrected chi connectivity index (χ1v) is 6.80. The molecule has 0 radical (unpaired) electrons. The fourth-order valence-corrected chi connectivity index (χ4v) is 3.38. The standard InChI is InChI=1S/C13H24N2O2/c1-15-8-10(7-13(16)17)6-12(9-15)14-11-4-2-3-5-11/h10-12,14H,2-9H2,1H3,(H,16,17). The number of likely N-dealkylation sites (N-methyl/N-ethyl adjacent to an activating group) is 1. The second-order valence-corrected chi connectivity index (χ2v) is 5.77. The fourth-order valence-electron chi connectivity index (χ4n) is 3.38. The number of nitrogens with zero attached hydrogens (tertiary/aromatic N) is 1. The molecule has 0 aromatic rings. The Morgan fingerprint density at radius 3 is 2.65 bits per heavy atom. The van der Waals surface area contributed by atoms with Crippen molar-refractivity contribution in [2.45, 2.75) is 50.6 Å². The third kappa shape index (κ3) is 3.96. The topological polar surface area (TPSA) is 52.6 Å². The normalized spacial score (nSPS) is 31.8. The highest BCUT2D eigenvalue weighted by atomic mass is 16.4. The Balaban J connectivity index is 1.82. The molecule has 0 aromatic carbocycles. The van der Waals surface area contributed by atoms with Gasteiger partial charge in [-0.05, 0) is 32.2 Å². The van der Waals surface area contributed by atoms with Crippen LogP contribution in [-0.4, -0.2) is 48.2 Å². The number of carbonyl (C=O) groups is 1. The highest BCUT2D eigenvalue weighted by Crippen LogP contribution is 2.23. The van der Waals surface area contributed by atoms with E-state index in [0.29, 0.717) is 24.4 Å². The Morgan fingerprint density at radius 1 is 1.29 bits per heavy atom. The number of rotatable bonds is 4. The first-order chi connectivity index (χ1) is 8.13. The lowest BCUT2D eigenvalue weighted by atomic mass is 9.91. The summed E-state index contributed by atoms with van der Waals surface area (Å²) in [4.78, 5) is 13.1. The van der Waals surface area contributed by atoms with Crippen molar-refractivity contribution < 1.29 is 9.90 Å². The van der Waals surface area contributed by atoms with E-state index in [2.05, 4.69) is 17.3 Å². The Hall–Kier alpha value is -0.610. The van der Waals surface area contributed by atoms with Crippen LogP contribution >= 0.6 is 0 Å². The minimum atomic E-state index is -0.662. The summed E-state index contributed by atoms with van der Waals surface area (Å²) in [6.07, 6.45) is 6.62. The van der Waals surface area contributed by atoms with Crippen LogP contribution in [0.5, 0.6) is 0 Å². The molecule has 1 heterocycles. The van der Waals surface area contributed by atoms with Gasteiger partial charge in [0.1, 0.15) is 0 Å². The molecular weight excluding hydrogens is 216 g/mol. The summed E-state index contributed by atoms with van der Waals surface area (Å²) in [5.74, 6) is -0.352. The highest BCUT2D eigenvalue weighted by Gasteiger charge is 2.28. The van der Waals surface area contributed by atoms with Gasteiger partial charge in [-0.2, -0.15) is 0 Å². The number of likely N-dealkylation sites (tertiary alicyclic amines) is 1. The molecule has 0 amide bonds. The Morgan fingerprint density at radius 2 is 2.00 bits per heavy atom. The van der Waals surface area contributed by atoms with E-state index in [4.69, 9.17) is 5.11 Å². The molecule has 0 aromatic heterocycles. The maximum atomic E-state index is 10.8. The second-order valence-electron chi connectivity index (χ2n) is 5.77. The van der Waals surface area contributed by atoms with E-state index in [1.54, 1.807) is 0 Å². The number of carboxylic acids is 1. The summed E-state index contributed by atoms with van der Waals surface area (Å²) in [5.41, 5.74) is 0. The van der Waals surface area contributed by atoms with Crippen LogP contribution in [-0.2, 0) is 4.79 Å². The second kappa shape index (κ2) is 5.83. The molecule has 0 bridgehead atoms. The third-order valence-corrected chi connectivity index (χ3v) is 4.01. The number of piperidine rings is 1. The van der Waals surface area contributed by atoms with Gasteiger partial charge in [-0.1, -0.05) is 12.8 Å². The lowest BCUT2D eigenvalue weighted by Gasteiger charge is -2.37. The monoisotopic (exact) mass is 240 g/mol. The van der Waals surface area contributed by atoms with E-state index < -0.39 is 5.97 Å². The minimum absolute atomic E-state index is 0.310. The molecule has 0 spiro atoms. The summed E-state index contributed by atoms with van der Waals surface area (Å²) in [6.45, 7) is 1.99. The highest BCUT2D eigenvalue weighted by molar-refractivity contribution is 5.67. The molecule has 2 unspecified atom stereocenters. The van der Waals surface area contributed by atoms with E-state index in [0.717, 1.165) is 19.5 Å². The number of aliphatic carboxylic acids is 1. The first-order valence-electron chi connectivity index (χ1n) is 6.80. The van der Waals surface area contributed by atoms with Gasteiger partial charge in [-0.25, -0.2) is 0 Å². The SMILES string of the molecule is CN1CC(CC(=O)O)CC(NC2CCCC2)C1. The van der Waals surface area contributed by atoms with Crippen molar-refractivity contribution in [3.8, 4) is 0 Å². The van der Waals surface area contributed by atoms with Crippen LogP contribution in [0.3, 0.4) is 0 Å². The molecule has 1 aliphatic heterocycles. The Kier molecular flexibility index (Phi) is 4.40. The predicted octanol–water partition coefficient (Wildman–Crippen LogP) is 1.31. The van der Waals surface area contributed by atoms with Gasteiger partial charge in [0.15, 0.2) is 0 Å². The molecule has 2 N–H and O–H groups in total. The van der Waals surface area contributed by atoms with Crippen LogP contribution in [0.2, 0.25) is 0 Å². The van der Waals surface area contributed by atoms with Crippen LogP contribution in [0, 0.1) is 5.92 Å². The van der Waals surface area contributed by atoms with Gasteiger partial charge in [0.25, 0.3) is 0 Å². The van der Waals surface area contributed by atoms with Gasteiger partial charge in [-0.15, -0.1) is 0 Å². The van der Waals surface area contributed by atoms with Crippen molar-refractivity contribution in [1.29, 1.82) is 0 Å². The van der Waals surface area contributed by atoms with Crippen LogP contribution in [0.1, 0.15) is 38.5 Å². The molecular formula is C13H24N2O2. The fraction of sp³-hybridized carbons (Fsp3) is 0.923. The van der Waals surface area contributed by atoms with Crippen LogP contribution < -0.4 is 5.32 Å². The van der Waals surface area contributed by atoms with E-state index in [9.17, 15) is 4.79 Å². The predicted molar refractivity (Wildman–Crippen MR) is 67.0 cm³/mol. The zero-order valence-corrected chi connectivity index (χ0v) is 10.7. The van der Waals surface area contributed by atoms with Crippen LogP contribution in [0.25, 0.3) is 0 Å². The van der Waals surface area contributed by atoms with Crippen molar-refractivity contribution in [2.24, 2.45) is 5.92 Å². The summed E-state index contributed by atoms with van der Waals surface area (Å²) >= 11 is 0. The smallest absolute Gasteiger partial charge is 0.303 e. The van der Waals surface area contributed by atoms with Crippen LogP contribution in [0.4, 0.5) is 0 Å². The molecule has 1 saturated carbocycles. The van der Waals surface area contributed by atoms with Gasteiger partial charge in [0.05, 0.1) is 0 Å². The lowest BCUT2D eigenvalue weighted by Crippen LogP contribution is -2.50. The van der Waals surface area contributed by atoms with Gasteiger partial charge in [-0.3, -0.25) is 4.79 Å². The summed E-state index contributed by atoms with van der Waals surface area (Å²) in [7, 11) is 2.09. The number of nitrogens with one attached hydrogen (secondary N) is 1. The molecule has 1 saturated heterocycles. The number of carboxylic acid groups (broad SMARTS) is 1. The summed E-state index contributed by atoms with van der Waals surface area (Å²) in [6, 6.07) is 1.16. The van der Waals surface area contributed by atoms with Crippen LogP contribution in [0.15, 0.2) is 0 Å². The molecule has 4 nitrogen and oxygen atoms in total. The summed E-state index contributed by atoms with van der Waals surface area (Å²) in [5, 5.41) is 12.6. The Bertz CT molecular complexity index is 264. The Labute approximate surface area is 103 Å². The van der Waals surface area contributed by atoms with Gasteiger partial charge >= 0.3 is 5.97 Å². The third-order valence-electron chi connectivity index (χ3n) is 4.01. The van der Waals surface area contributed by atoms with E-state index in [1.807, 2.05) is 0 Å². The maximum absolute atomic E-state index is 10.8. The zero-order valence-electron chi connectivity index (χ0n) is 10.7. The average molecular weight is 240 g/mol. The van der Waals surface area contributed by atoms with E-state index >= 15 is 0 Å². The molecule has 17 heavy (non-hydrogen) atoms.